The first-order valence-electron chi connectivity index (χ1n) is 7.72. The molecular weight excluding hydrogens is 385 g/mol. The number of allylic oxidation sites excluding steroid dienone is 2. The molecule has 0 N–H and O–H groups in total. The molecular formula is C14H26ClF2O5PS. The van der Waals surface area contributed by atoms with Crippen molar-refractivity contribution in [3.05, 3.63) is 10.5 Å². The minimum atomic E-state index is -4.93. The predicted molar refractivity (Wildman–Crippen MR) is 92.5 cm³/mol. The predicted octanol–water partition coefficient (Wildman–Crippen LogP) is 4.96. The van der Waals surface area contributed by atoms with E-state index in [0.29, 0.717) is 12.8 Å². The molecule has 0 saturated carbocycles. The van der Waals surface area contributed by atoms with Crippen molar-refractivity contribution in [2.24, 2.45) is 0 Å². The second-order valence-corrected chi connectivity index (χ2v) is 9.94. The molecule has 144 valence electrons. The van der Waals surface area contributed by atoms with Crippen molar-refractivity contribution in [1.82, 2.24) is 0 Å². The summed E-state index contributed by atoms with van der Waals surface area (Å²) in [5, 5.41) is -2.34. The summed E-state index contributed by atoms with van der Waals surface area (Å²) in [6.45, 7) is 6.71. The maximum Gasteiger partial charge on any atom is 0.401 e. The quantitative estimate of drug-likeness (QED) is 0.355. The SMILES string of the molecule is CCCCS(=O)(=O)C(=C(C)C)C(Cl)C(F)(F)P(=O)(OCC)OCC. The topological polar surface area (TPSA) is 69.7 Å². The molecule has 24 heavy (non-hydrogen) atoms. The molecule has 0 fully saturated rings. The zero-order valence-electron chi connectivity index (χ0n) is 14.6. The van der Waals surface area contributed by atoms with Crippen LogP contribution in [0.25, 0.3) is 0 Å². The lowest BCUT2D eigenvalue weighted by Gasteiger charge is -2.30. The van der Waals surface area contributed by atoms with E-state index in [2.05, 4.69) is 9.05 Å². The highest BCUT2D eigenvalue weighted by Gasteiger charge is 2.61. The molecule has 0 spiro atoms. The van der Waals surface area contributed by atoms with E-state index >= 15 is 0 Å². The lowest BCUT2D eigenvalue weighted by atomic mass is 10.2. The van der Waals surface area contributed by atoms with Crippen molar-refractivity contribution in [2.75, 3.05) is 19.0 Å². The maximum atomic E-state index is 14.8. The smallest absolute Gasteiger partial charge is 0.305 e. The second-order valence-electron chi connectivity index (χ2n) is 5.32. The van der Waals surface area contributed by atoms with Crippen molar-refractivity contribution in [2.45, 2.75) is 58.5 Å². The summed E-state index contributed by atoms with van der Waals surface area (Å²) in [4.78, 5) is -0.623. The number of unbranched alkanes of at least 4 members (excludes halogenated alkanes) is 1. The summed E-state index contributed by atoms with van der Waals surface area (Å²) >= 11 is 5.83. The molecule has 0 aromatic heterocycles. The number of alkyl halides is 3. The minimum Gasteiger partial charge on any atom is -0.305 e. The molecule has 10 heteroatoms. The first-order valence-corrected chi connectivity index (χ1v) is 11.4. The van der Waals surface area contributed by atoms with E-state index < -0.39 is 33.4 Å². The van der Waals surface area contributed by atoms with Gasteiger partial charge in [-0.3, -0.25) is 4.57 Å². The van der Waals surface area contributed by atoms with Crippen molar-refractivity contribution < 1.29 is 30.8 Å². The van der Waals surface area contributed by atoms with Crippen LogP contribution in [-0.2, 0) is 23.4 Å². The van der Waals surface area contributed by atoms with Crippen LogP contribution in [0.5, 0.6) is 0 Å². The van der Waals surface area contributed by atoms with Gasteiger partial charge in [-0.15, -0.1) is 11.6 Å². The van der Waals surface area contributed by atoms with Crippen LogP contribution in [-0.4, -0.2) is 38.4 Å². The van der Waals surface area contributed by atoms with E-state index in [4.69, 9.17) is 11.6 Å². The van der Waals surface area contributed by atoms with Gasteiger partial charge in [-0.25, -0.2) is 8.42 Å². The van der Waals surface area contributed by atoms with Gasteiger partial charge in [0.15, 0.2) is 9.84 Å². The Bertz CT molecular complexity index is 578. The van der Waals surface area contributed by atoms with Crippen LogP contribution in [0.15, 0.2) is 10.5 Å². The van der Waals surface area contributed by atoms with Crippen molar-refractivity contribution >= 4 is 29.0 Å². The van der Waals surface area contributed by atoms with Crippen LogP contribution in [0.1, 0.15) is 47.5 Å². The van der Waals surface area contributed by atoms with Crippen LogP contribution in [0.4, 0.5) is 8.78 Å². The molecule has 1 atom stereocenters. The van der Waals surface area contributed by atoms with E-state index in [1.54, 1.807) is 6.92 Å². The van der Waals surface area contributed by atoms with Gasteiger partial charge in [0.2, 0.25) is 0 Å². The second kappa shape index (κ2) is 9.62. The van der Waals surface area contributed by atoms with Crippen LogP contribution in [0, 0.1) is 0 Å². The molecule has 0 aliphatic rings. The summed E-state index contributed by atoms with van der Waals surface area (Å²) in [6.07, 6.45) is 0.887. The molecule has 0 bridgehead atoms. The van der Waals surface area contributed by atoms with Crippen molar-refractivity contribution in [1.29, 1.82) is 0 Å². The molecule has 1 unspecified atom stereocenters. The van der Waals surface area contributed by atoms with Gasteiger partial charge in [0.1, 0.15) is 5.38 Å². The lowest BCUT2D eigenvalue weighted by Crippen LogP contribution is -2.36. The van der Waals surface area contributed by atoms with Gasteiger partial charge < -0.3 is 9.05 Å². The summed E-state index contributed by atoms with van der Waals surface area (Å²) in [5.74, 6) is -0.309. The van der Waals surface area contributed by atoms with E-state index in [0.717, 1.165) is 0 Å². The van der Waals surface area contributed by atoms with Gasteiger partial charge in [-0.05, 0) is 34.1 Å². The maximum absolute atomic E-state index is 14.8. The van der Waals surface area contributed by atoms with Gasteiger partial charge in [-0.2, -0.15) is 8.78 Å². The monoisotopic (exact) mass is 410 g/mol. The van der Waals surface area contributed by atoms with Gasteiger partial charge in [0.25, 0.3) is 0 Å². The van der Waals surface area contributed by atoms with Gasteiger partial charge >= 0.3 is 13.3 Å². The van der Waals surface area contributed by atoms with Crippen LogP contribution in [0.2, 0.25) is 0 Å². The Hall–Kier alpha value is -0.0100. The Kier molecular flexibility index (Phi) is 9.62. The van der Waals surface area contributed by atoms with Crippen LogP contribution < -0.4 is 0 Å². The largest absolute Gasteiger partial charge is 0.401 e. The highest BCUT2D eigenvalue weighted by atomic mass is 35.5. The zero-order chi connectivity index (χ0) is 19.2. The Morgan fingerprint density at radius 1 is 1.17 bits per heavy atom. The third-order valence-corrected chi connectivity index (χ3v) is 8.19. The molecule has 0 aromatic carbocycles. The Morgan fingerprint density at radius 3 is 1.96 bits per heavy atom. The standard InChI is InChI=1S/C14H26ClF2O5PS/c1-6-9-10-24(19,20)12(11(4)5)13(15)14(16,17)23(18,21-7-2)22-8-3/h13H,6-10H2,1-5H3. The molecule has 0 aliphatic heterocycles. The minimum absolute atomic E-state index is 0.116. The third kappa shape index (κ3) is 5.49. The Balaban J connectivity index is 6.02. The fraction of sp³-hybridized carbons (Fsp3) is 0.857. The zero-order valence-corrected chi connectivity index (χ0v) is 17.1. The fourth-order valence-corrected chi connectivity index (χ4v) is 6.56. The Labute approximate surface area is 148 Å². The van der Waals surface area contributed by atoms with Gasteiger partial charge in [-0.1, -0.05) is 18.9 Å². The van der Waals surface area contributed by atoms with Gasteiger partial charge in [0.05, 0.1) is 23.9 Å². The number of rotatable bonds is 11. The normalized spacial score (nSPS) is 14.5. The summed E-state index contributed by atoms with van der Waals surface area (Å²) in [5.41, 5.74) is -4.07. The summed E-state index contributed by atoms with van der Waals surface area (Å²) in [6, 6.07) is 0. The van der Waals surface area contributed by atoms with Crippen molar-refractivity contribution in [3.63, 3.8) is 0 Å². The fourth-order valence-electron chi connectivity index (χ4n) is 2.01. The highest BCUT2D eigenvalue weighted by Crippen LogP contribution is 2.65. The number of hydrogen-bond acceptors (Lipinski definition) is 5. The average molecular weight is 411 g/mol. The van der Waals surface area contributed by atoms with E-state index in [1.807, 2.05) is 0 Å². The van der Waals surface area contributed by atoms with E-state index in [9.17, 15) is 21.8 Å². The summed E-state index contributed by atoms with van der Waals surface area (Å²) < 4.78 is 76.1. The number of halogens is 3. The van der Waals surface area contributed by atoms with Crippen LogP contribution in [0.3, 0.4) is 0 Å². The van der Waals surface area contributed by atoms with E-state index in [1.165, 1.54) is 27.7 Å². The molecule has 0 aliphatic carbocycles. The van der Waals surface area contributed by atoms with Crippen molar-refractivity contribution in [3.8, 4) is 0 Å². The first-order chi connectivity index (χ1) is 10.9. The van der Waals surface area contributed by atoms with Gasteiger partial charge in [0, 0.05) is 0 Å². The summed E-state index contributed by atoms with van der Waals surface area (Å²) in [7, 11) is -8.95. The molecule has 0 heterocycles. The molecule has 0 saturated heterocycles. The molecule has 5 nitrogen and oxygen atoms in total. The number of hydrogen-bond donors (Lipinski definition) is 0. The molecule has 0 aromatic rings. The van der Waals surface area contributed by atoms with Crippen LogP contribution >= 0.6 is 19.2 Å². The first kappa shape index (κ1) is 24.0. The molecule has 0 rings (SSSR count). The average Bonchev–Trinajstić information content (AvgIpc) is 2.44. The molecule has 0 amide bonds. The van der Waals surface area contributed by atoms with E-state index in [-0.39, 0.29) is 24.5 Å². The number of sulfone groups is 1. The third-order valence-electron chi connectivity index (χ3n) is 3.09. The highest BCUT2D eigenvalue weighted by molar-refractivity contribution is 7.95. The Morgan fingerprint density at radius 2 is 1.62 bits per heavy atom. The lowest BCUT2D eigenvalue weighted by molar-refractivity contribution is 0.0434. The molecule has 0 radical (unpaired) electrons.